The van der Waals surface area contributed by atoms with Crippen LogP contribution in [0.2, 0.25) is 5.15 Å². The Morgan fingerprint density at radius 3 is 2.83 bits per heavy atom. The van der Waals surface area contributed by atoms with Crippen molar-refractivity contribution in [3.63, 3.8) is 0 Å². The average Bonchev–Trinajstić information content (AvgIpc) is 2.29. The number of carbonyl (C=O) groups is 1. The minimum absolute atomic E-state index is 0.152. The van der Waals surface area contributed by atoms with E-state index < -0.39 is 22.0 Å². The number of aromatic nitrogens is 1. The zero-order valence-electron chi connectivity index (χ0n) is 9.88. The second-order valence-electron chi connectivity index (χ2n) is 3.39. The molecule has 0 amide bonds. The normalized spacial score (nSPS) is 13.1. The van der Waals surface area contributed by atoms with Crippen LogP contribution in [0.1, 0.15) is 13.8 Å². The van der Waals surface area contributed by atoms with E-state index in [9.17, 15) is 13.2 Å². The fourth-order valence-electron chi connectivity index (χ4n) is 1.18. The summed E-state index contributed by atoms with van der Waals surface area (Å²) in [6.45, 7) is 3.20. The highest BCUT2D eigenvalue weighted by atomic mass is 35.5. The Morgan fingerprint density at radius 1 is 1.61 bits per heavy atom. The number of nitrogens with one attached hydrogen (secondary N) is 1. The minimum atomic E-state index is -3.90. The van der Waals surface area contributed by atoms with Crippen molar-refractivity contribution in [2.45, 2.75) is 24.8 Å². The number of hydrogen-bond acceptors (Lipinski definition) is 5. The number of nitrogens with zero attached hydrogens (tertiary/aromatic N) is 1. The largest absolute Gasteiger partial charge is 0.465 e. The van der Waals surface area contributed by atoms with Crippen LogP contribution >= 0.6 is 11.6 Å². The monoisotopic (exact) mass is 292 g/mol. The summed E-state index contributed by atoms with van der Waals surface area (Å²) in [7, 11) is -3.90. The van der Waals surface area contributed by atoms with Gasteiger partial charge < -0.3 is 4.74 Å². The maximum absolute atomic E-state index is 11.9. The van der Waals surface area contributed by atoms with E-state index in [1.165, 1.54) is 25.3 Å². The smallest absolute Gasteiger partial charge is 0.323 e. The van der Waals surface area contributed by atoms with Crippen molar-refractivity contribution in [1.29, 1.82) is 0 Å². The molecule has 0 aliphatic rings. The van der Waals surface area contributed by atoms with Crippen LogP contribution in [0.5, 0.6) is 0 Å². The third-order valence-corrected chi connectivity index (χ3v) is 3.97. The van der Waals surface area contributed by atoms with Gasteiger partial charge in [0.25, 0.3) is 0 Å². The van der Waals surface area contributed by atoms with Gasteiger partial charge in [-0.05, 0) is 26.0 Å². The lowest BCUT2D eigenvalue weighted by atomic mass is 10.4. The van der Waals surface area contributed by atoms with Crippen molar-refractivity contribution in [3.05, 3.63) is 23.5 Å². The second-order valence-corrected chi connectivity index (χ2v) is 5.43. The lowest BCUT2D eigenvalue weighted by molar-refractivity contribution is -0.144. The Labute approximate surface area is 110 Å². The molecular formula is C10H13ClN2O4S. The highest BCUT2D eigenvalue weighted by Gasteiger charge is 2.24. The molecule has 0 fully saturated rings. The summed E-state index contributed by atoms with van der Waals surface area (Å²) in [6, 6.07) is 1.75. The van der Waals surface area contributed by atoms with Crippen molar-refractivity contribution >= 4 is 27.6 Å². The first-order valence-electron chi connectivity index (χ1n) is 5.18. The minimum Gasteiger partial charge on any atom is -0.465 e. The Hall–Kier alpha value is -1.18. The molecule has 0 bridgehead atoms. The van der Waals surface area contributed by atoms with Crippen LogP contribution in [0.15, 0.2) is 23.2 Å². The van der Waals surface area contributed by atoms with Gasteiger partial charge in [0.2, 0.25) is 10.0 Å². The van der Waals surface area contributed by atoms with Gasteiger partial charge in [0.15, 0.2) is 0 Å². The molecule has 0 radical (unpaired) electrons. The van der Waals surface area contributed by atoms with Crippen LogP contribution in [-0.4, -0.2) is 32.0 Å². The predicted molar refractivity (Wildman–Crippen MR) is 65.7 cm³/mol. The van der Waals surface area contributed by atoms with E-state index in [4.69, 9.17) is 16.3 Å². The first-order chi connectivity index (χ1) is 8.38. The Kier molecular flexibility index (Phi) is 5.06. The maximum Gasteiger partial charge on any atom is 0.323 e. The number of rotatable bonds is 5. The highest BCUT2D eigenvalue weighted by Crippen LogP contribution is 2.17. The van der Waals surface area contributed by atoms with Crippen LogP contribution in [-0.2, 0) is 19.6 Å². The molecule has 0 aliphatic carbocycles. The average molecular weight is 293 g/mol. The van der Waals surface area contributed by atoms with Gasteiger partial charge in [0.05, 0.1) is 6.61 Å². The SMILES string of the molecule is CCOC(=O)C(C)NS(=O)(=O)c1cccnc1Cl. The summed E-state index contributed by atoms with van der Waals surface area (Å²) in [6.07, 6.45) is 1.37. The molecule has 1 aromatic heterocycles. The van der Waals surface area contributed by atoms with Crippen molar-refractivity contribution in [2.75, 3.05) is 6.61 Å². The van der Waals surface area contributed by atoms with Crippen LogP contribution in [0.4, 0.5) is 0 Å². The molecule has 8 heteroatoms. The molecule has 0 aromatic carbocycles. The van der Waals surface area contributed by atoms with Gasteiger partial charge in [0, 0.05) is 6.20 Å². The molecule has 1 N–H and O–H groups in total. The molecule has 1 aromatic rings. The van der Waals surface area contributed by atoms with Crippen LogP contribution in [0, 0.1) is 0 Å². The Bertz CT molecular complexity index is 532. The van der Waals surface area contributed by atoms with E-state index in [1.54, 1.807) is 6.92 Å². The van der Waals surface area contributed by atoms with Crippen molar-refractivity contribution in [3.8, 4) is 0 Å². The van der Waals surface area contributed by atoms with E-state index in [2.05, 4.69) is 9.71 Å². The summed E-state index contributed by atoms with van der Waals surface area (Å²) in [4.78, 5) is 14.8. The highest BCUT2D eigenvalue weighted by molar-refractivity contribution is 7.89. The van der Waals surface area contributed by atoms with Gasteiger partial charge in [-0.2, -0.15) is 4.72 Å². The molecular weight excluding hydrogens is 280 g/mol. The summed E-state index contributed by atoms with van der Waals surface area (Å²) >= 11 is 5.69. The van der Waals surface area contributed by atoms with Gasteiger partial charge in [-0.1, -0.05) is 11.6 Å². The summed E-state index contributed by atoms with van der Waals surface area (Å²) in [5.41, 5.74) is 0. The summed E-state index contributed by atoms with van der Waals surface area (Å²) in [5.74, 6) is -0.652. The van der Waals surface area contributed by atoms with Crippen molar-refractivity contribution < 1.29 is 17.9 Å². The lowest BCUT2D eigenvalue weighted by Crippen LogP contribution is -2.39. The molecule has 100 valence electrons. The van der Waals surface area contributed by atoms with E-state index in [0.29, 0.717) is 0 Å². The van der Waals surface area contributed by atoms with E-state index in [-0.39, 0.29) is 16.7 Å². The standard InChI is InChI=1S/C10H13ClN2O4S/c1-3-17-10(14)7(2)13-18(15,16)8-5-4-6-12-9(8)11/h4-7,13H,3H2,1-2H3. The zero-order valence-corrected chi connectivity index (χ0v) is 11.5. The number of sulfonamides is 1. The molecule has 6 nitrogen and oxygen atoms in total. The number of carbonyl (C=O) groups excluding carboxylic acids is 1. The first kappa shape index (κ1) is 14.9. The van der Waals surface area contributed by atoms with Gasteiger partial charge in [-0.3, -0.25) is 4.79 Å². The Morgan fingerprint density at radius 2 is 2.28 bits per heavy atom. The first-order valence-corrected chi connectivity index (χ1v) is 7.04. The van der Waals surface area contributed by atoms with Gasteiger partial charge in [0.1, 0.15) is 16.1 Å². The Balaban J connectivity index is 2.90. The zero-order chi connectivity index (χ0) is 13.8. The quantitative estimate of drug-likeness (QED) is 0.645. The van der Waals surface area contributed by atoms with Crippen LogP contribution < -0.4 is 4.72 Å². The molecule has 0 saturated heterocycles. The van der Waals surface area contributed by atoms with Crippen LogP contribution in [0.25, 0.3) is 0 Å². The van der Waals surface area contributed by atoms with Crippen molar-refractivity contribution in [1.82, 2.24) is 9.71 Å². The summed E-state index contributed by atoms with van der Waals surface area (Å²) in [5, 5.41) is -0.152. The van der Waals surface area contributed by atoms with E-state index in [1.807, 2.05) is 0 Å². The molecule has 1 unspecified atom stereocenters. The third kappa shape index (κ3) is 3.66. The number of esters is 1. The number of pyridine rings is 1. The molecule has 0 saturated carbocycles. The topological polar surface area (TPSA) is 85.4 Å². The molecule has 1 atom stereocenters. The summed E-state index contributed by atoms with van der Waals surface area (Å²) < 4.78 is 30.7. The van der Waals surface area contributed by atoms with Crippen molar-refractivity contribution in [2.24, 2.45) is 0 Å². The maximum atomic E-state index is 11.9. The van der Waals surface area contributed by atoms with E-state index in [0.717, 1.165) is 0 Å². The number of ether oxygens (including phenoxy) is 1. The molecule has 0 spiro atoms. The number of hydrogen-bond donors (Lipinski definition) is 1. The van der Waals surface area contributed by atoms with Crippen LogP contribution in [0.3, 0.4) is 0 Å². The molecule has 1 heterocycles. The van der Waals surface area contributed by atoms with Gasteiger partial charge in [-0.25, -0.2) is 13.4 Å². The van der Waals surface area contributed by atoms with Gasteiger partial charge in [-0.15, -0.1) is 0 Å². The fourth-order valence-corrected chi connectivity index (χ4v) is 2.83. The molecule has 1 rings (SSSR count). The predicted octanol–water partition coefficient (Wildman–Crippen LogP) is 0.965. The molecule has 18 heavy (non-hydrogen) atoms. The second kappa shape index (κ2) is 6.12. The fraction of sp³-hybridized carbons (Fsp3) is 0.400. The lowest BCUT2D eigenvalue weighted by Gasteiger charge is -2.13. The van der Waals surface area contributed by atoms with Gasteiger partial charge >= 0.3 is 5.97 Å². The molecule has 0 aliphatic heterocycles. The van der Waals surface area contributed by atoms with E-state index >= 15 is 0 Å². The number of halogens is 1. The third-order valence-electron chi connectivity index (χ3n) is 1.99.